The average Bonchev–Trinajstić information content (AvgIpc) is 2.66. The highest BCUT2D eigenvalue weighted by Crippen LogP contribution is 2.29. The second kappa shape index (κ2) is 5.31. The van der Waals surface area contributed by atoms with Crippen LogP contribution in [0.3, 0.4) is 0 Å². The van der Waals surface area contributed by atoms with E-state index in [9.17, 15) is 9.50 Å². The molecular formula is C14H16ClFN2O. The van der Waals surface area contributed by atoms with Crippen molar-refractivity contribution in [3.05, 3.63) is 46.0 Å². The maximum absolute atomic E-state index is 13.1. The molecule has 0 radical (unpaired) electrons. The molecule has 0 amide bonds. The van der Waals surface area contributed by atoms with Crippen LogP contribution in [-0.4, -0.2) is 14.9 Å². The van der Waals surface area contributed by atoms with E-state index in [1.54, 1.807) is 17.7 Å². The van der Waals surface area contributed by atoms with E-state index < -0.39 is 0 Å². The first-order chi connectivity index (χ1) is 8.95. The Kier molecular flexibility index (Phi) is 3.92. The summed E-state index contributed by atoms with van der Waals surface area (Å²) in [6, 6.07) is 4.43. The van der Waals surface area contributed by atoms with Crippen LogP contribution in [0.1, 0.15) is 36.6 Å². The maximum Gasteiger partial charge on any atom is 0.138 e. The fourth-order valence-corrected chi connectivity index (χ4v) is 2.36. The first-order valence-electron chi connectivity index (χ1n) is 6.10. The van der Waals surface area contributed by atoms with E-state index in [0.717, 1.165) is 11.3 Å². The van der Waals surface area contributed by atoms with Crippen molar-refractivity contribution in [1.82, 2.24) is 9.78 Å². The lowest BCUT2D eigenvalue weighted by Gasteiger charge is -2.07. The zero-order chi connectivity index (χ0) is 14.2. The van der Waals surface area contributed by atoms with Gasteiger partial charge in [-0.15, -0.1) is 0 Å². The van der Waals surface area contributed by atoms with Crippen LogP contribution in [0.15, 0.2) is 18.2 Å². The standard InChI is InChI=1S/C14H16ClFN2O/c1-8(2)13-11(7-19)14(15)18(17-13)12-5-4-10(16)6-9(12)3/h4-6,8,19H,7H2,1-3H3. The Balaban J connectivity index is 2.63. The third-order valence-electron chi connectivity index (χ3n) is 3.04. The quantitative estimate of drug-likeness (QED) is 0.934. The molecule has 19 heavy (non-hydrogen) atoms. The van der Waals surface area contributed by atoms with Crippen molar-refractivity contribution in [1.29, 1.82) is 0 Å². The Bertz CT molecular complexity index is 608. The maximum atomic E-state index is 13.1. The molecule has 0 aliphatic carbocycles. The van der Waals surface area contributed by atoms with Gasteiger partial charge in [-0.25, -0.2) is 9.07 Å². The summed E-state index contributed by atoms with van der Waals surface area (Å²) in [5, 5.41) is 14.2. The number of aliphatic hydroxyl groups is 1. The van der Waals surface area contributed by atoms with Gasteiger partial charge in [-0.1, -0.05) is 25.4 Å². The summed E-state index contributed by atoms with van der Waals surface area (Å²) in [7, 11) is 0. The van der Waals surface area contributed by atoms with E-state index in [4.69, 9.17) is 11.6 Å². The Hall–Kier alpha value is -1.39. The van der Waals surface area contributed by atoms with Crippen molar-refractivity contribution in [2.45, 2.75) is 33.3 Å². The van der Waals surface area contributed by atoms with Crippen molar-refractivity contribution in [2.75, 3.05) is 0 Å². The summed E-state index contributed by atoms with van der Waals surface area (Å²) in [5.74, 6) is -0.141. The van der Waals surface area contributed by atoms with Crippen LogP contribution in [-0.2, 0) is 6.61 Å². The Morgan fingerprint density at radius 1 is 1.42 bits per heavy atom. The topological polar surface area (TPSA) is 38.0 Å². The number of aliphatic hydroxyl groups excluding tert-OH is 1. The van der Waals surface area contributed by atoms with Crippen molar-refractivity contribution >= 4 is 11.6 Å². The smallest absolute Gasteiger partial charge is 0.138 e. The number of hydrogen-bond donors (Lipinski definition) is 1. The zero-order valence-electron chi connectivity index (χ0n) is 11.1. The second-order valence-corrected chi connectivity index (χ2v) is 5.17. The Morgan fingerprint density at radius 3 is 2.58 bits per heavy atom. The minimum atomic E-state index is -0.295. The van der Waals surface area contributed by atoms with Crippen molar-refractivity contribution in [3.63, 3.8) is 0 Å². The van der Waals surface area contributed by atoms with Gasteiger partial charge in [0.1, 0.15) is 11.0 Å². The van der Waals surface area contributed by atoms with Crippen LogP contribution < -0.4 is 0 Å². The molecule has 2 aromatic rings. The van der Waals surface area contributed by atoms with Crippen LogP contribution in [0.5, 0.6) is 0 Å². The second-order valence-electron chi connectivity index (χ2n) is 4.81. The predicted octanol–water partition coefficient (Wildman–Crippen LogP) is 3.59. The molecule has 0 atom stereocenters. The molecule has 1 aromatic carbocycles. The van der Waals surface area contributed by atoms with Crippen LogP contribution in [0.4, 0.5) is 4.39 Å². The molecule has 0 saturated heterocycles. The summed E-state index contributed by atoms with van der Waals surface area (Å²) in [4.78, 5) is 0. The monoisotopic (exact) mass is 282 g/mol. The minimum absolute atomic E-state index is 0.154. The molecule has 0 aliphatic rings. The van der Waals surface area contributed by atoms with Gasteiger partial charge < -0.3 is 5.11 Å². The SMILES string of the molecule is Cc1cc(F)ccc1-n1nc(C(C)C)c(CO)c1Cl. The van der Waals surface area contributed by atoms with Crippen molar-refractivity contribution in [2.24, 2.45) is 0 Å². The van der Waals surface area contributed by atoms with Crippen LogP contribution in [0.2, 0.25) is 5.15 Å². The summed E-state index contributed by atoms with van der Waals surface area (Å²) in [5.41, 5.74) is 2.84. The number of aryl methyl sites for hydroxylation is 1. The highest BCUT2D eigenvalue weighted by Gasteiger charge is 2.19. The largest absolute Gasteiger partial charge is 0.391 e. The third kappa shape index (κ3) is 2.51. The number of benzene rings is 1. The molecule has 0 bridgehead atoms. The number of rotatable bonds is 3. The number of halogens is 2. The lowest BCUT2D eigenvalue weighted by Crippen LogP contribution is -2.01. The molecule has 5 heteroatoms. The molecule has 0 unspecified atom stereocenters. The Morgan fingerprint density at radius 2 is 2.11 bits per heavy atom. The van der Waals surface area contributed by atoms with Crippen molar-refractivity contribution in [3.8, 4) is 5.69 Å². The summed E-state index contributed by atoms with van der Waals surface area (Å²) in [6.45, 7) is 5.61. The van der Waals surface area contributed by atoms with Crippen LogP contribution in [0.25, 0.3) is 5.69 Å². The average molecular weight is 283 g/mol. The van der Waals surface area contributed by atoms with E-state index in [1.807, 2.05) is 13.8 Å². The fraction of sp³-hybridized carbons (Fsp3) is 0.357. The lowest BCUT2D eigenvalue weighted by atomic mass is 10.1. The zero-order valence-corrected chi connectivity index (χ0v) is 11.9. The molecule has 1 N–H and O–H groups in total. The third-order valence-corrected chi connectivity index (χ3v) is 3.43. The van der Waals surface area contributed by atoms with E-state index in [1.165, 1.54) is 12.1 Å². The van der Waals surface area contributed by atoms with Gasteiger partial charge in [0.05, 0.1) is 18.0 Å². The van der Waals surface area contributed by atoms with Crippen LogP contribution >= 0.6 is 11.6 Å². The molecule has 1 heterocycles. The number of hydrogen-bond acceptors (Lipinski definition) is 2. The molecular weight excluding hydrogens is 267 g/mol. The van der Waals surface area contributed by atoms with Crippen molar-refractivity contribution < 1.29 is 9.50 Å². The van der Waals surface area contributed by atoms with Gasteiger partial charge in [-0.05, 0) is 36.6 Å². The molecule has 0 aliphatic heterocycles. The molecule has 3 nitrogen and oxygen atoms in total. The van der Waals surface area contributed by atoms with Gasteiger partial charge in [0.25, 0.3) is 0 Å². The first kappa shape index (κ1) is 14.0. The van der Waals surface area contributed by atoms with Gasteiger partial charge in [0.2, 0.25) is 0 Å². The summed E-state index contributed by atoms with van der Waals surface area (Å²) < 4.78 is 14.7. The molecule has 0 saturated carbocycles. The van der Waals surface area contributed by atoms with E-state index in [0.29, 0.717) is 16.4 Å². The highest BCUT2D eigenvalue weighted by atomic mass is 35.5. The first-order valence-corrected chi connectivity index (χ1v) is 6.48. The van der Waals surface area contributed by atoms with E-state index >= 15 is 0 Å². The predicted molar refractivity (Wildman–Crippen MR) is 73.3 cm³/mol. The number of aromatic nitrogens is 2. The van der Waals surface area contributed by atoms with Crippen LogP contribution in [0, 0.1) is 12.7 Å². The fourth-order valence-electron chi connectivity index (χ4n) is 2.07. The van der Waals surface area contributed by atoms with Gasteiger partial charge in [-0.3, -0.25) is 0 Å². The lowest BCUT2D eigenvalue weighted by molar-refractivity contribution is 0.280. The molecule has 2 rings (SSSR count). The molecule has 1 aromatic heterocycles. The van der Waals surface area contributed by atoms with E-state index in [-0.39, 0.29) is 18.3 Å². The van der Waals surface area contributed by atoms with Gasteiger partial charge in [0.15, 0.2) is 0 Å². The van der Waals surface area contributed by atoms with Gasteiger partial charge >= 0.3 is 0 Å². The molecule has 0 fully saturated rings. The number of nitrogens with zero attached hydrogens (tertiary/aromatic N) is 2. The molecule has 0 spiro atoms. The Labute approximate surface area is 116 Å². The summed E-state index contributed by atoms with van der Waals surface area (Å²) >= 11 is 6.27. The highest BCUT2D eigenvalue weighted by molar-refractivity contribution is 6.30. The summed E-state index contributed by atoms with van der Waals surface area (Å²) in [6.07, 6.45) is 0. The van der Waals surface area contributed by atoms with Gasteiger partial charge in [-0.2, -0.15) is 5.10 Å². The van der Waals surface area contributed by atoms with E-state index in [2.05, 4.69) is 5.10 Å². The normalized spacial score (nSPS) is 11.3. The minimum Gasteiger partial charge on any atom is -0.391 e. The molecule has 102 valence electrons. The van der Waals surface area contributed by atoms with Gasteiger partial charge in [0, 0.05) is 5.56 Å².